The molecule has 4 nitrogen and oxygen atoms in total. The lowest BCUT2D eigenvalue weighted by atomic mass is 9.95. The Kier molecular flexibility index (Phi) is 2.88. The third kappa shape index (κ3) is 1.90. The Bertz CT molecular complexity index is 443. The maximum absolute atomic E-state index is 11.7. The normalized spacial score (nSPS) is 16.1. The molecule has 17 heavy (non-hydrogen) atoms. The van der Waals surface area contributed by atoms with E-state index < -0.39 is 5.41 Å². The molecule has 1 aliphatic carbocycles. The van der Waals surface area contributed by atoms with Gasteiger partial charge in [0.25, 0.3) is 0 Å². The van der Waals surface area contributed by atoms with Gasteiger partial charge < -0.3 is 9.47 Å². The second-order valence-corrected chi connectivity index (χ2v) is 4.14. The second-order valence-electron chi connectivity index (χ2n) is 4.14. The van der Waals surface area contributed by atoms with E-state index in [0.717, 1.165) is 18.4 Å². The van der Waals surface area contributed by atoms with E-state index in [2.05, 4.69) is 4.74 Å². The van der Waals surface area contributed by atoms with Crippen LogP contribution in [0.5, 0.6) is 0 Å². The molecule has 0 amide bonds. The summed E-state index contributed by atoms with van der Waals surface area (Å²) in [6.45, 7) is 0. The van der Waals surface area contributed by atoms with Crippen molar-refractivity contribution in [3.63, 3.8) is 0 Å². The predicted molar refractivity (Wildman–Crippen MR) is 60.7 cm³/mol. The molecule has 0 unspecified atom stereocenters. The molecule has 1 aliphatic rings. The highest BCUT2D eigenvalue weighted by atomic mass is 16.5. The van der Waals surface area contributed by atoms with Crippen LogP contribution in [0.15, 0.2) is 24.3 Å². The number of esters is 2. The van der Waals surface area contributed by atoms with Crippen LogP contribution in [0.2, 0.25) is 0 Å². The smallest absolute Gasteiger partial charge is 0.337 e. The van der Waals surface area contributed by atoms with E-state index in [1.807, 2.05) is 0 Å². The monoisotopic (exact) mass is 234 g/mol. The number of ether oxygens (including phenoxy) is 2. The highest BCUT2D eigenvalue weighted by Crippen LogP contribution is 2.49. The molecule has 0 aliphatic heterocycles. The van der Waals surface area contributed by atoms with Gasteiger partial charge in [-0.25, -0.2) is 4.79 Å². The van der Waals surface area contributed by atoms with E-state index in [0.29, 0.717) is 5.56 Å². The summed E-state index contributed by atoms with van der Waals surface area (Å²) < 4.78 is 9.42. The van der Waals surface area contributed by atoms with Crippen LogP contribution in [-0.4, -0.2) is 26.2 Å². The zero-order valence-corrected chi connectivity index (χ0v) is 9.86. The first-order valence-electron chi connectivity index (χ1n) is 5.41. The summed E-state index contributed by atoms with van der Waals surface area (Å²) in [5, 5.41) is 0. The molecule has 0 atom stereocenters. The van der Waals surface area contributed by atoms with Crippen molar-refractivity contribution in [2.75, 3.05) is 14.2 Å². The molecule has 0 N–H and O–H groups in total. The Labute approximate surface area is 99.5 Å². The van der Waals surface area contributed by atoms with Crippen LogP contribution in [0.25, 0.3) is 0 Å². The standard InChI is InChI=1S/C13H14O4/c1-16-11(14)9-3-5-10(6-4-9)13(7-8-13)12(15)17-2/h3-6H,7-8H2,1-2H3. The molecule has 2 rings (SSSR count). The molecular weight excluding hydrogens is 220 g/mol. The van der Waals surface area contributed by atoms with Crippen LogP contribution in [0.4, 0.5) is 0 Å². The molecule has 1 aromatic carbocycles. The quantitative estimate of drug-likeness (QED) is 0.747. The Morgan fingerprint density at radius 1 is 1.06 bits per heavy atom. The van der Waals surface area contributed by atoms with Crippen molar-refractivity contribution in [3.8, 4) is 0 Å². The van der Waals surface area contributed by atoms with Gasteiger partial charge in [-0.1, -0.05) is 12.1 Å². The Morgan fingerprint density at radius 2 is 1.65 bits per heavy atom. The minimum absolute atomic E-state index is 0.205. The Hall–Kier alpha value is -1.84. The third-order valence-corrected chi connectivity index (χ3v) is 3.18. The fourth-order valence-corrected chi connectivity index (χ4v) is 1.97. The Morgan fingerprint density at radius 3 is 2.06 bits per heavy atom. The van der Waals surface area contributed by atoms with E-state index >= 15 is 0 Å². The summed E-state index contributed by atoms with van der Waals surface area (Å²) in [7, 11) is 2.73. The van der Waals surface area contributed by atoms with E-state index in [9.17, 15) is 9.59 Å². The molecule has 0 spiro atoms. The zero-order valence-electron chi connectivity index (χ0n) is 9.86. The SMILES string of the molecule is COC(=O)c1ccc(C2(C(=O)OC)CC2)cc1. The summed E-state index contributed by atoms with van der Waals surface area (Å²) in [4.78, 5) is 22.9. The number of carbonyl (C=O) groups is 2. The van der Waals surface area contributed by atoms with Gasteiger partial charge in [0.05, 0.1) is 25.2 Å². The van der Waals surface area contributed by atoms with E-state index in [-0.39, 0.29) is 11.9 Å². The van der Waals surface area contributed by atoms with Crippen molar-refractivity contribution in [2.24, 2.45) is 0 Å². The van der Waals surface area contributed by atoms with Crippen molar-refractivity contribution in [1.29, 1.82) is 0 Å². The van der Waals surface area contributed by atoms with Crippen molar-refractivity contribution in [3.05, 3.63) is 35.4 Å². The number of hydrogen-bond acceptors (Lipinski definition) is 4. The topological polar surface area (TPSA) is 52.6 Å². The first kappa shape index (κ1) is 11.6. The molecule has 1 aromatic rings. The molecule has 0 saturated heterocycles. The fraction of sp³-hybridized carbons (Fsp3) is 0.385. The average Bonchev–Trinajstić information content (AvgIpc) is 3.18. The first-order valence-corrected chi connectivity index (χ1v) is 5.41. The number of carbonyl (C=O) groups excluding carboxylic acids is 2. The molecule has 0 bridgehead atoms. The van der Waals surface area contributed by atoms with Crippen molar-refractivity contribution in [2.45, 2.75) is 18.3 Å². The van der Waals surface area contributed by atoms with Gasteiger partial charge in [0.2, 0.25) is 0 Å². The fourth-order valence-electron chi connectivity index (χ4n) is 1.97. The van der Waals surface area contributed by atoms with Crippen LogP contribution in [0.3, 0.4) is 0 Å². The molecule has 0 heterocycles. The Balaban J connectivity index is 2.24. The summed E-state index contributed by atoms with van der Waals surface area (Å²) in [6.07, 6.45) is 1.61. The molecule has 4 heteroatoms. The first-order chi connectivity index (χ1) is 8.14. The van der Waals surface area contributed by atoms with E-state index in [1.165, 1.54) is 14.2 Å². The van der Waals surface area contributed by atoms with Crippen LogP contribution in [0, 0.1) is 0 Å². The maximum atomic E-state index is 11.7. The van der Waals surface area contributed by atoms with Gasteiger partial charge in [-0.15, -0.1) is 0 Å². The minimum atomic E-state index is -0.483. The minimum Gasteiger partial charge on any atom is -0.468 e. The average molecular weight is 234 g/mol. The number of rotatable bonds is 3. The highest BCUT2D eigenvalue weighted by Gasteiger charge is 2.52. The van der Waals surface area contributed by atoms with E-state index in [4.69, 9.17) is 4.74 Å². The summed E-state index contributed by atoms with van der Waals surface area (Å²) in [5.41, 5.74) is 0.901. The van der Waals surface area contributed by atoms with Crippen LogP contribution in [0.1, 0.15) is 28.8 Å². The zero-order chi connectivity index (χ0) is 12.5. The molecule has 90 valence electrons. The predicted octanol–water partition coefficient (Wildman–Crippen LogP) is 1.68. The van der Waals surface area contributed by atoms with Gasteiger partial charge >= 0.3 is 11.9 Å². The second kappa shape index (κ2) is 4.20. The van der Waals surface area contributed by atoms with Gasteiger partial charge in [-0.3, -0.25) is 4.79 Å². The van der Waals surface area contributed by atoms with Crippen LogP contribution >= 0.6 is 0 Å². The lowest BCUT2D eigenvalue weighted by molar-refractivity contribution is -0.143. The number of benzene rings is 1. The number of methoxy groups -OCH3 is 2. The van der Waals surface area contributed by atoms with Crippen LogP contribution in [-0.2, 0) is 19.7 Å². The van der Waals surface area contributed by atoms with Gasteiger partial charge in [-0.2, -0.15) is 0 Å². The van der Waals surface area contributed by atoms with Crippen molar-refractivity contribution in [1.82, 2.24) is 0 Å². The number of hydrogen-bond donors (Lipinski definition) is 0. The molecular formula is C13H14O4. The summed E-state index contributed by atoms with van der Waals surface area (Å²) in [6, 6.07) is 6.92. The van der Waals surface area contributed by atoms with Gasteiger partial charge in [0, 0.05) is 0 Å². The van der Waals surface area contributed by atoms with Gasteiger partial charge in [-0.05, 0) is 30.5 Å². The largest absolute Gasteiger partial charge is 0.468 e. The molecule has 0 radical (unpaired) electrons. The summed E-state index contributed by atoms with van der Waals surface area (Å²) >= 11 is 0. The third-order valence-electron chi connectivity index (χ3n) is 3.18. The van der Waals surface area contributed by atoms with Gasteiger partial charge in [0.1, 0.15) is 0 Å². The van der Waals surface area contributed by atoms with Crippen molar-refractivity contribution >= 4 is 11.9 Å². The van der Waals surface area contributed by atoms with Crippen molar-refractivity contribution < 1.29 is 19.1 Å². The van der Waals surface area contributed by atoms with Crippen LogP contribution < -0.4 is 0 Å². The van der Waals surface area contributed by atoms with E-state index in [1.54, 1.807) is 24.3 Å². The maximum Gasteiger partial charge on any atom is 0.337 e. The highest BCUT2D eigenvalue weighted by molar-refractivity contribution is 5.90. The molecule has 0 aromatic heterocycles. The molecule has 1 saturated carbocycles. The lowest BCUT2D eigenvalue weighted by Crippen LogP contribution is -2.21. The lowest BCUT2D eigenvalue weighted by Gasteiger charge is -2.13. The molecule has 1 fully saturated rings. The summed E-state index contributed by atoms with van der Waals surface area (Å²) in [5.74, 6) is -0.581. The van der Waals surface area contributed by atoms with Gasteiger partial charge in [0.15, 0.2) is 0 Å².